The summed E-state index contributed by atoms with van der Waals surface area (Å²) in [4.78, 5) is 19.5. The highest BCUT2D eigenvalue weighted by atomic mass is 35.5. The number of rotatable bonds is 5. The van der Waals surface area contributed by atoms with Crippen LogP contribution in [0.5, 0.6) is 0 Å². The summed E-state index contributed by atoms with van der Waals surface area (Å²) in [5, 5.41) is 7.07. The molecule has 1 aliphatic heterocycles. The molecule has 5 nitrogen and oxygen atoms in total. The molecule has 0 saturated carbocycles. The van der Waals surface area contributed by atoms with E-state index in [0.29, 0.717) is 38.5 Å². The number of carbonyl (C=O) groups is 1. The van der Waals surface area contributed by atoms with E-state index in [0.717, 1.165) is 31.6 Å². The third-order valence-electron chi connectivity index (χ3n) is 5.65. The van der Waals surface area contributed by atoms with Gasteiger partial charge in [0.2, 0.25) is 0 Å². The first kappa shape index (κ1) is 22.5. The molecule has 2 aromatic carbocycles. The normalized spacial score (nSPS) is 14.4. The zero-order valence-corrected chi connectivity index (χ0v) is 19.1. The van der Waals surface area contributed by atoms with Gasteiger partial charge in [-0.3, -0.25) is 9.78 Å². The van der Waals surface area contributed by atoms with Crippen LogP contribution >= 0.6 is 23.2 Å². The number of nitrogens with one attached hydrogen (secondary N) is 2. The fourth-order valence-corrected chi connectivity index (χ4v) is 4.43. The van der Waals surface area contributed by atoms with Gasteiger partial charge in [-0.25, -0.2) is 4.39 Å². The zero-order valence-electron chi connectivity index (χ0n) is 17.5. The van der Waals surface area contributed by atoms with Crippen molar-refractivity contribution < 1.29 is 9.18 Å². The molecule has 0 bridgehead atoms. The van der Waals surface area contributed by atoms with Gasteiger partial charge in [0, 0.05) is 46.5 Å². The van der Waals surface area contributed by atoms with Crippen molar-refractivity contribution in [3.8, 4) is 11.1 Å². The SMILES string of the molecule is CNC1CCN(c2c(NC(=O)c3cccc(Cl)c3)cncc2-c2cc(F)cc(Cl)c2)CC1. The Labute approximate surface area is 196 Å². The largest absolute Gasteiger partial charge is 0.369 e. The summed E-state index contributed by atoms with van der Waals surface area (Å²) >= 11 is 12.2. The van der Waals surface area contributed by atoms with Crippen LogP contribution in [0, 0.1) is 5.82 Å². The molecule has 32 heavy (non-hydrogen) atoms. The number of amides is 1. The summed E-state index contributed by atoms with van der Waals surface area (Å²) < 4.78 is 14.1. The fourth-order valence-electron chi connectivity index (χ4n) is 4.02. The van der Waals surface area contributed by atoms with Crippen molar-refractivity contribution in [1.29, 1.82) is 0 Å². The number of hydrogen-bond acceptors (Lipinski definition) is 4. The maximum Gasteiger partial charge on any atom is 0.255 e. The molecule has 1 fully saturated rings. The quantitative estimate of drug-likeness (QED) is 0.504. The first-order chi connectivity index (χ1) is 15.4. The summed E-state index contributed by atoms with van der Waals surface area (Å²) in [5.41, 5.74) is 3.10. The third-order valence-corrected chi connectivity index (χ3v) is 6.10. The first-order valence-electron chi connectivity index (χ1n) is 10.4. The number of pyridine rings is 1. The second kappa shape index (κ2) is 9.86. The second-order valence-corrected chi connectivity index (χ2v) is 8.63. The van der Waals surface area contributed by atoms with Crippen LogP contribution in [0.2, 0.25) is 10.0 Å². The molecule has 0 atom stereocenters. The topological polar surface area (TPSA) is 57.3 Å². The second-order valence-electron chi connectivity index (χ2n) is 7.76. The van der Waals surface area contributed by atoms with Gasteiger partial charge in [-0.1, -0.05) is 29.3 Å². The van der Waals surface area contributed by atoms with Gasteiger partial charge in [0.05, 0.1) is 17.6 Å². The maximum atomic E-state index is 14.1. The maximum absolute atomic E-state index is 14.1. The number of aromatic nitrogens is 1. The summed E-state index contributed by atoms with van der Waals surface area (Å²) in [6, 6.07) is 11.6. The van der Waals surface area contributed by atoms with Crippen molar-refractivity contribution in [3.05, 3.63) is 76.3 Å². The van der Waals surface area contributed by atoms with Crippen molar-refractivity contribution in [1.82, 2.24) is 10.3 Å². The van der Waals surface area contributed by atoms with Crippen LogP contribution in [0.4, 0.5) is 15.8 Å². The zero-order chi connectivity index (χ0) is 22.7. The lowest BCUT2D eigenvalue weighted by Crippen LogP contribution is -2.41. The molecule has 0 aliphatic carbocycles. The van der Waals surface area contributed by atoms with Gasteiger partial charge >= 0.3 is 0 Å². The Morgan fingerprint density at radius 3 is 2.56 bits per heavy atom. The van der Waals surface area contributed by atoms with E-state index in [1.54, 1.807) is 42.7 Å². The van der Waals surface area contributed by atoms with E-state index in [-0.39, 0.29) is 5.91 Å². The van der Waals surface area contributed by atoms with E-state index in [4.69, 9.17) is 23.2 Å². The minimum atomic E-state index is -0.430. The summed E-state index contributed by atoms with van der Waals surface area (Å²) in [5.74, 6) is -0.726. The van der Waals surface area contributed by atoms with E-state index in [1.165, 1.54) is 12.1 Å². The Bertz CT molecular complexity index is 1110. The predicted octanol–water partition coefficient (Wildman–Crippen LogP) is 5.64. The molecular weight excluding hydrogens is 450 g/mol. The minimum absolute atomic E-state index is 0.296. The fraction of sp³-hybridized carbons (Fsp3) is 0.250. The Kier molecular flexibility index (Phi) is 6.94. The van der Waals surface area contributed by atoms with Gasteiger partial charge in [0.1, 0.15) is 5.82 Å². The molecule has 2 N–H and O–H groups in total. The lowest BCUT2D eigenvalue weighted by Gasteiger charge is -2.35. The number of benzene rings is 2. The molecule has 3 aromatic rings. The number of halogens is 3. The average Bonchev–Trinajstić information content (AvgIpc) is 2.78. The minimum Gasteiger partial charge on any atom is -0.369 e. The highest BCUT2D eigenvalue weighted by Crippen LogP contribution is 2.39. The van der Waals surface area contributed by atoms with Crippen LogP contribution in [-0.2, 0) is 0 Å². The molecule has 1 aromatic heterocycles. The van der Waals surface area contributed by atoms with E-state index >= 15 is 0 Å². The molecular formula is C24H23Cl2FN4O. The van der Waals surface area contributed by atoms with Crippen LogP contribution in [0.1, 0.15) is 23.2 Å². The van der Waals surface area contributed by atoms with Crippen molar-refractivity contribution in [2.24, 2.45) is 0 Å². The molecule has 2 heterocycles. The molecule has 0 unspecified atom stereocenters. The molecule has 1 amide bonds. The smallest absolute Gasteiger partial charge is 0.255 e. The molecule has 4 rings (SSSR count). The van der Waals surface area contributed by atoms with E-state index in [1.807, 2.05) is 7.05 Å². The van der Waals surface area contributed by atoms with Gasteiger partial charge in [0.15, 0.2) is 0 Å². The van der Waals surface area contributed by atoms with Crippen LogP contribution < -0.4 is 15.5 Å². The Balaban J connectivity index is 1.76. The lowest BCUT2D eigenvalue weighted by molar-refractivity contribution is 0.102. The number of nitrogens with zero attached hydrogens (tertiary/aromatic N) is 2. The van der Waals surface area contributed by atoms with Crippen molar-refractivity contribution >= 4 is 40.5 Å². The highest BCUT2D eigenvalue weighted by molar-refractivity contribution is 6.31. The summed E-state index contributed by atoms with van der Waals surface area (Å²) in [6.45, 7) is 1.57. The average molecular weight is 473 g/mol. The molecule has 1 aliphatic rings. The molecule has 0 spiro atoms. The van der Waals surface area contributed by atoms with Crippen LogP contribution in [-0.4, -0.2) is 37.1 Å². The van der Waals surface area contributed by atoms with Gasteiger partial charge < -0.3 is 15.5 Å². The van der Waals surface area contributed by atoms with Gasteiger partial charge in [-0.15, -0.1) is 0 Å². The Hall–Kier alpha value is -2.67. The Morgan fingerprint density at radius 1 is 1.09 bits per heavy atom. The number of carbonyl (C=O) groups excluding carboxylic acids is 1. The van der Waals surface area contributed by atoms with E-state index < -0.39 is 5.82 Å². The molecule has 8 heteroatoms. The molecule has 1 saturated heterocycles. The molecule has 166 valence electrons. The predicted molar refractivity (Wildman–Crippen MR) is 128 cm³/mol. The third kappa shape index (κ3) is 5.04. The Morgan fingerprint density at radius 2 is 1.88 bits per heavy atom. The monoisotopic (exact) mass is 472 g/mol. The number of anilines is 2. The number of hydrogen-bond donors (Lipinski definition) is 2. The number of piperidine rings is 1. The van der Waals surface area contributed by atoms with Crippen molar-refractivity contribution in [2.75, 3.05) is 30.4 Å². The summed E-state index contributed by atoms with van der Waals surface area (Å²) in [6.07, 6.45) is 5.19. The highest BCUT2D eigenvalue weighted by Gasteiger charge is 2.24. The van der Waals surface area contributed by atoms with E-state index in [2.05, 4.69) is 20.5 Å². The van der Waals surface area contributed by atoms with Gasteiger partial charge in [0.25, 0.3) is 5.91 Å². The standard InChI is InChI=1S/C24H23Cl2FN4O/c1-28-20-5-7-31(8-6-20)23-21(16-10-18(26)12-19(27)11-16)13-29-14-22(23)30-24(32)15-3-2-4-17(25)9-15/h2-4,9-14,20,28H,5-8H2,1H3,(H,30,32). The van der Waals surface area contributed by atoms with E-state index in [9.17, 15) is 9.18 Å². The van der Waals surface area contributed by atoms with Crippen molar-refractivity contribution in [2.45, 2.75) is 18.9 Å². The lowest BCUT2D eigenvalue weighted by atomic mass is 10.00. The summed E-state index contributed by atoms with van der Waals surface area (Å²) in [7, 11) is 1.96. The van der Waals surface area contributed by atoms with Gasteiger partial charge in [-0.05, 0) is 61.9 Å². The molecule has 0 radical (unpaired) electrons. The van der Waals surface area contributed by atoms with Crippen molar-refractivity contribution in [3.63, 3.8) is 0 Å². The van der Waals surface area contributed by atoms with Crippen LogP contribution in [0.15, 0.2) is 54.9 Å². The van der Waals surface area contributed by atoms with Crippen LogP contribution in [0.3, 0.4) is 0 Å². The van der Waals surface area contributed by atoms with Crippen LogP contribution in [0.25, 0.3) is 11.1 Å². The van der Waals surface area contributed by atoms with Gasteiger partial charge in [-0.2, -0.15) is 0 Å². The first-order valence-corrected chi connectivity index (χ1v) is 11.1.